The summed E-state index contributed by atoms with van der Waals surface area (Å²) in [5, 5.41) is 5.64. The Morgan fingerprint density at radius 1 is 0.882 bits per heavy atom. The lowest BCUT2D eigenvalue weighted by atomic mass is 9.76. The number of alkyl carbamates (subject to hydrolysis) is 1. The molecule has 1 unspecified atom stereocenters. The zero-order chi connectivity index (χ0) is 36.8. The first-order valence-electron chi connectivity index (χ1n) is 18.1. The maximum Gasteiger partial charge on any atom is 0.407 e. The van der Waals surface area contributed by atoms with Crippen LogP contribution in [0, 0.1) is 23.7 Å². The number of halogens is 1. The molecular weight excluding hydrogens is 676 g/mol. The molecule has 2 saturated carbocycles. The molecule has 2 aliphatic carbocycles. The van der Waals surface area contributed by atoms with Crippen molar-refractivity contribution >= 4 is 39.5 Å². The van der Waals surface area contributed by atoms with Gasteiger partial charge in [-0.3, -0.25) is 14.4 Å². The van der Waals surface area contributed by atoms with Gasteiger partial charge in [-0.25, -0.2) is 22.3 Å². The molecular formula is C38H51FN4O7S. The van der Waals surface area contributed by atoms with Gasteiger partial charge in [0.15, 0.2) is 0 Å². The predicted molar refractivity (Wildman–Crippen MR) is 191 cm³/mol. The Morgan fingerprint density at radius 2 is 1.53 bits per heavy atom. The molecule has 4 amide bonds. The number of likely N-dealkylation sites (tertiary alicyclic amines) is 1. The van der Waals surface area contributed by atoms with E-state index in [-0.39, 0.29) is 40.0 Å². The quantitative estimate of drug-likeness (QED) is 0.264. The van der Waals surface area contributed by atoms with Crippen molar-refractivity contribution in [1.82, 2.24) is 14.9 Å². The summed E-state index contributed by atoms with van der Waals surface area (Å²) in [4.78, 5) is 55.0. The van der Waals surface area contributed by atoms with Crippen LogP contribution < -0.4 is 15.4 Å². The van der Waals surface area contributed by atoms with E-state index in [0.29, 0.717) is 43.8 Å². The lowest BCUT2D eigenvalue weighted by Crippen LogP contribution is -2.50. The molecule has 3 fully saturated rings. The highest BCUT2D eigenvalue weighted by Crippen LogP contribution is 2.41. The SMILES string of the molecule is CC(C)(C)OC(=O)N[C@H](CF)[C@H]1CC[C@H](C(=O)N2CC[C@@H](C3CCCCC3)C2C(=O)Nc2ccc(C(=O)NS(=O)(=O)c3ccccc3)cc2)CC1. The summed E-state index contributed by atoms with van der Waals surface area (Å²) in [7, 11) is -4.05. The number of hydrogen-bond donors (Lipinski definition) is 3. The Labute approximate surface area is 300 Å². The average Bonchev–Trinajstić information content (AvgIpc) is 3.56. The molecule has 3 N–H and O–H groups in total. The molecule has 1 aliphatic heterocycles. The summed E-state index contributed by atoms with van der Waals surface area (Å²) in [6, 6.07) is 12.2. The minimum atomic E-state index is -4.05. The van der Waals surface area contributed by atoms with E-state index in [1.807, 2.05) is 0 Å². The van der Waals surface area contributed by atoms with Crippen LogP contribution in [-0.4, -0.2) is 68.0 Å². The second-order valence-electron chi connectivity index (χ2n) is 15.2. The standard InChI is InChI=1S/C38H51FN4O7S/c1-38(2,3)50-37(47)41-32(24-39)26-14-16-28(17-15-26)36(46)43-23-22-31(25-10-6-4-7-11-25)33(43)35(45)40-29-20-18-27(19-21-29)34(44)42-51(48,49)30-12-8-5-9-13-30/h5,8-9,12-13,18-21,25-26,28,31-33H,4,6-7,10-11,14-17,22-24H2,1-3H3,(H,40,45)(H,41,47)(H,42,44)/t26-,28-,31-,32+,33?/m0/s1. The van der Waals surface area contributed by atoms with Crippen molar-refractivity contribution in [2.24, 2.45) is 23.7 Å². The van der Waals surface area contributed by atoms with E-state index < -0.39 is 46.4 Å². The van der Waals surface area contributed by atoms with Gasteiger partial charge in [0.2, 0.25) is 11.8 Å². The van der Waals surface area contributed by atoms with E-state index in [9.17, 15) is 32.0 Å². The van der Waals surface area contributed by atoms with E-state index in [1.54, 1.807) is 56.0 Å². The molecule has 0 radical (unpaired) electrons. The number of anilines is 1. The number of carbonyl (C=O) groups is 4. The monoisotopic (exact) mass is 726 g/mol. The molecule has 13 heteroatoms. The molecule has 2 aromatic rings. The zero-order valence-electron chi connectivity index (χ0n) is 29.7. The number of nitrogens with one attached hydrogen (secondary N) is 3. The van der Waals surface area contributed by atoms with Crippen LogP contribution in [0.1, 0.15) is 95.3 Å². The third-order valence-corrected chi connectivity index (χ3v) is 11.9. The molecule has 278 valence electrons. The van der Waals surface area contributed by atoms with Gasteiger partial charge >= 0.3 is 6.09 Å². The highest BCUT2D eigenvalue weighted by molar-refractivity contribution is 7.90. The number of hydrogen-bond acceptors (Lipinski definition) is 7. The highest BCUT2D eigenvalue weighted by Gasteiger charge is 2.47. The molecule has 3 atom stereocenters. The molecule has 0 spiro atoms. The van der Waals surface area contributed by atoms with Gasteiger partial charge in [-0.15, -0.1) is 0 Å². The van der Waals surface area contributed by atoms with Crippen LogP contribution in [0.5, 0.6) is 0 Å². The Balaban J connectivity index is 1.23. The van der Waals surface area contributed by atoms with Crippen molar-refractivity contribution < 1.29 is 36.7 Å². The smallest absolute Gasteiger partial charge is 0.407 e. The van der Waals surface area contributed by atoms with E-state index >= 15 is 0 Å². The number of ether oxygens (including phenoxy) is 1. The van der Waals surface area contributed by atoms with Crippen molar-refractivity contribution in [3.8, 4) is 0 Å². The average molecular weight is 727 g/mol. The van der Waals surface area contributed by atoms with Crippen molar-refractivity contribution in [3.63, 3.8) is 0 Å². The lowest BCUT2D eigenvalue weighted by molar-refractivity contribution is -0.142. The molecule has 0 bridgehead atoms. The van der Waals surface area contributed by atoms with Gasteiger partial charge in [0.1, 0.15) is 18.3 Å². The summed E-state index contributed by atoms with van der Waals surface area (Å²) in [6.07, 6.45) is 7.72. The van der Waals surface area contributed by atoms with Gasteiger partial charge in [0, 0.05) is 23.7 Å². The second-order valence-corrected chi connectivity index (χ2v) is 16.8. The Hall–Kier alpha value is -4.00. The maximum atomic E-state index is 14.1. The van der Waals surface area contributed by atoms with Gasteiger partial charge in [-0.1, -0.05) is 50.3 Å². The lowest BCUT2D eigenvalue weighted by Gasteiger charge is -2.37. The number of alkyl halides is 1. The fraction of sp³-hybridized carbons (Fsp3) is 0.579. The summed E-state index contributed by atoms with van der Waals surface area (Å²) < 4.78 is 46.7. The van der Waals surface area contributed by atoms with E-state index in [4.69, 9.17) is 4.74 Å². The first-order valence-corrected chi connectivity index (χ1v) is 19.6. The number of carbonyl (C=O) groups excluding carboxylic acids is 4. The van der Waals surface area contributed by atoms with Gasteiger partial charge in [0.05, 0.1) is 10.9 Å². The fourth-order valence-electron chi connectivity index (χ4n) is 7.96. The number of rotatable bonds is 10. The predicted octanol–water partition coefficient (Wildman–Crippen LogP) is 6.21. The molecule has 0 aromatic heterocycles. The number of amides is 4. The number of nitrogens with zero attached hydrogens (tertiary/aromatic N) is 1. The van der Waals surface area contributed by atoms with Crippen LogP contribution in [0.3, 0.4) is 0 Å². The van der Waals surface area contributed by atoms with Gasteiger partial charge in [-0.05, 0) is 107 Å². The molecule has 11 nitrogen and oxygen atoms in total. The second kappa shape index (κ2) is 16.6. The fourth-order valence-corrected chi connectivity index (χ4v) is 8.96. The third kappa shape index (κ3) is 9.87. The van der Waals surface area contributed by atoms with E-state index in [0.717, 1.165) is 32.1 Å². The van der Waals surface area contributed by atoms with Crippen molar-refractivity contribution in [1.29, 1.82) is 0 Å². The summed E-state index contributed by atoms with van der Waals surface area (Å²) >= 11 is 0. The van der Waals surface area contributed by atoms with E-state index in [2.05, 4.69) is 15.4 Å². The molecule has 5 rings (SSSR count). The molecule has 2 aromatic carbocycles. The molecule has 3 aliphatic rings. The largest absolute Gasteiger partial charge is 0.444 e. The Morgan fingerprint density at radius 3 is 2.14 bits per heavy atom. The van der Waals surface area contributed by atoms with Crippen LogP contribution >= 0.6 is 0 Å². The van der Waals surface area contributed by atoms with Gasteiger partial charge in [-0.2, -0.15) is 0 Å². The maximum absolute atomic E-state index is 14.1. The van der Waals surface area contributed by atoms with Crippen LogP contribution in [0.25, 0.3) is 0 Å². The summed E-state index contributed by atoms with van der Waals surface area (Å²) in [5.74, 6) is -1.20. The Bertz CT molecular complexity index is 1630. The molecule has 1 heterocycles. The molecule has 1 saturated heterocycles. The van der Waals surface area contributed by atoms with Gasteiger partial charge < -0.3 is 20.3 Å². The highest BCUT2D eigenvalue weighted by atomic mass is 32.2. The first kappa shape index (κ1) is 38.2. The number of benzene rings is 2. The third-order valence-electron chi connectivity index (χ3n) is 10.5. The first-order chi connectivity index (χ1) is 24.3. The van der Waals surface area contributed by atoms with Gasteiger partial charge in [0.25, 0.3) is 15.9 Å². The van der Waals surface area contributed by atoms with Crippen LogP contribution in [0.15, 0.2) is 59.5 Å². The summed E-state index contributed by atoms with van der Waals surface area (Å²) in [6.45, 7) is 5.01. The minimum Gasteiger partial charge on any atom is -0.444 e. The Kier molecular flexibility index (Phi) is 12.4. The topological polar surface area (TPSA) is 151 Å². The summed E-state index contributed by atoms with van der Waals surface area (Å²) in [5.41, 5.74) is -0.159. The van der Waals surface area contributed by atoms with Crippen LogP contribution in [0.2, 0.25) is 0 Å². The normalized spacial score (nSPS) is 23.6. The molecule has 51 heavy (non-hydrogen) atoms. The van der Waals surface area contributed by atoms with Crippen molar-refractivity contribution in [2.75, 3.05) is 18.5 Å². The van der Waals surface area contributed by atoms with Crippen LogP contribution in [-0.2, 0) is 24.3 Å². The van der Waals surface area contributed by atoms with E-state index in [1.165, 1.54) is 30.7 Å². The number of sulfonamides is 1. The van der Waals surface area contributed by atoms with Crippen molar-refractivity contribution in [2.45, 2.75) is 108 Å². The minimum absolute atomic E-state index is 0.0211. The zero-order valence-corrected chi connectivity index (χ0v) is 30.6. The van der Waals surface area contributed by atoms with Crippen molar-refractivity contribution in [3.05, 3.63) is 60.2 Å². The van der Waals surface area contributed by atoms with Crippen LogP contribution in [0.4, 0.5) is 14.9 Å².